The lowest BCUT2D eigenvalue weighted by molar-refractivity contribution is -0.0321. The van der Waals surface area contributed by atoms with Crippen molar-refractivity contribution in [3.63, 3.8) is 0 Å². The number of imidazole rings is 1. The molecule has 182 valence electrons. The van der Waals surface area contributed by atoms with Gasteiger partial charge in [0, 0.05) is 41.9 Å². The van der Waals surface area contributed by atoms with E-state index in [9.17, 15) is 0 Å². The zero-order chi connectivity index (χ0) is 24.6. The van der Waals surface area contributed by atoms with E-state index in [0.29, 0.717) is 24.9 Å². The summed E-state index contributed by atoms with van der Waals surface area (Å²) >= 11 is 0. The predicted molar refractivity (Wildman–Crippen MR) is 142 cm³/mol. The zero-order valence-electron chi connectivity index (χ0n) is 20.5. The molecular formula is C29H29N5O2. The van der Waals surface area contributed by atoms with Crippen LogP contribution in [0, 0.1) is 6.92 Å². The summed E-state index contributed by atoms with van der Waals surface area (Å²) in [4.78, 5) is 14.5. The lowest BCUT2D eigenvalue weighted by atomic mass is 9.81. The fourth-order valence-corrected chi connectivity index (χ4v) is 5.09. The van der Waals surface area contributed by atoms with Crippen LogP contribution in [0.15, 0.2) is 67.0 Å². The van der Waals surface area contributed by atoms with E-state index in [1.54, 1.807) is 13.3 Å². The molecule has 1 aliphatic rings. The summed E-state index contributed by atoms with van der Waals surface area (Å²) in [7, 11) is 1.69. The second-order valence-corrected chi connectivity index (χ2v) is 9.43. The van der Waals surface area contributed by atoms with Gasteiger partial charge in [0.05, 0.1) is 30.5 Å². The van der Waals surface area contributed by atoms with Gasteiger partial charge in [0.2, 0.25) is 0 Å². The topological polar surface area (TPSA) is 87.6 Å². The summed E-state index contributed by atoms with van der Waals surface area (Å²) in [5, 5.41) is 1.13. The van der Waals surface area contributed by atoms with E-state index in [1.165, 1.54) is 5.56 Å². The zero-order valence-corrected chi connectivity index (χ0v) is 20.5. The Hall–Kier alpha value is -3.81. The van der Waals surface area contributed by atoms with E-state index in [2.05, 4.69) is 52.7 Å². The maximum atomic E-state index is 6.39. The Kier molecular flexibility index (Phi) is 5.87. The molecule has 7 nitrogen and oxygen atoms in total. The molecule has 0 amide bonds. The largest absolute Gasteiger partial charge is 0.382 e. The number of aromatic nitrogens is 4. The number of methoxy groups -OCH3 is 1. The number of pyridine rings is 1. The van der Waals surface area contributed by atoms with Crippen LogP contribution in [0.25, 0.3) is 38.9 Å². The Morgan fingerprint density at radius 2 is 1.83 bits per heavy atom. The number of nitrogens with zero attached hydrogens (tertiary/aromatic N) is 4. The summed E-state index contributed by atoms with van der Waals surface area (Å²) in [5.74, 6) is 1.79. The van der Waals surface area contributed by atoms with Gasteiger partial charge < -0.3 is 15.2 Å². The van der Waals surface area contributed by atoms with Gasteiger partial charge in [-0.2, -0.15) is 0 Å². The van der Waals surface area contributed by atoms with Gasteiger partial charge in [-0.25, -0.2) is 15.0 Å². The van der Waals surface area contributed by atoms with Crippen LogP contribution >= 0.6 is 0 Å². The van der Waals surface area contributed by atoms with Crippen LogP contribution in [0.4, 0.5) is 5.82 Å². The van der Waals surface area contributed by atoms with E-state index < -0.39 is 0 Å². The number of nitrogen functional groups attached to an aromatic ring is 1. The van der Waals surface area contributed by atoms with E-state index in [0.717, 1.165) is 57.6 Å². The fourth-order valence-electron chi connectivity index (χ4n) is 5.09. The quantitative estimate of drug-likeness (QED) is 0.314. The van der Waals surface area contributed by atoms with Gasteiger partial charge in [0.15, 0.2) is 0 Å². The smallest absolute Gasteiger partial charge is 0.150 e. The molecule has 0 saturated heterocycles. The molecule has 3 heterocycles. The van der Waals surface area contributed by atoms with E-state index >= 15 is 0 Å². The Morgan fingerprint density at radius 1 is 1.00 bits per heavy atom. The first kappa shape index (κ1) is 22.6. The molecule has 36 heavy (non-hydrogen) atoms. The molecule has 2 N–H and O–H groups in total. The second-order valence-electron chi connectivity index (χ2n) is 9.43. The minimum Gasteiger partial charge on any atom is -0.382 e. The van der Waals surface area contributed by atoms with Crippen LogP contribution in [-0.2, 0) is 9.47 Å². The van der Waals surface area contributed by atoms with Crippen molar-refractivity contribution in [2.75, 3.05) is 26.1 Å². The molecule has 0 unspecified atom stereocenters. The molecule has 0 atom stereocenters. The van der Waals surface area contributed by atoms with Crippen molar-refractivity contribution < 1.29 is 9.47 Å². The van der Waals surface area contributed by atoms with Crippen LogP contribution in [0.2, 0.25) is 0 Å². The third-order valence-electron chi connectivity index (χ3n) is 7.07. The number of ether oxygens (including phenoxy) is 2. The molecule has 5 aromatic rings. The normalized spacial score (nSPS) is 17.5. The van der Waals surface area contributed by atoms with Crippen LogP contribution < -0.4 is 5.73 Å². The van der Waals surface area contributed by atoms with Gasteiger partial charge in [-0.15, -0.1) is 0 Å². The summed E-state index contributed by atoms with van der Waals surface area (Å²) in [5.41, 5.74) is 13.2. The molecule has 1 saturated carbocycles. The summed E-state index contributed by atoms with van der Waals surface area (Å²) in [6.45, 7) is 3.36. The van der Waals surface area contributed by atoms with Crippen molar-refractivity contribution >= 4 is 22.2 Å². The number of benzene rings is 2. The number of hydrogen-bond acceptors (Lipinski definition) is 6. The standard InChI is InChI=1S/C29H29N5O2/c1-18-14-24(19-6-4-3-5-7-19)32-25-17-20(8-9-23(18)25)26-27-28(30)31-10-11-34(27)29(33-26)21-15-22(16-21)36-13-12-35-2/h3-11,14,17,21-22H,12-13,15-16H2,1-2H3,(H2,30,31). The monoisotopic (exact) mass is 479 g/mol. The van der Waals surface area contributed by atoms with Crippen LogP contribution in [0.1, 0.15) is 30.1 Å². The fraction of sp³-hybridized carbons (Fsp3) is 0.276. The summed E-state index contributed by atoms with van der Waals surface area (Å²) in [6, 6.07) is 18.8. The minimum atomic E-state index is 0.240. The lowest BCUT2D eigenvalue weighted by Gasteiger charge is -2.34. The van der Waals surface area contributed by atoms with Gasteiger partial charge in [0.1, 0.15) is 22.9 Å². The van der Waals surface area contributed by atoms with Crippen LogP contribution in [0.5, 0.6) is 0 Å². The molecule has 6 rings (SSSR count). The first-order valence-corrected chi connectivity index (χ1v) is 12.3. The molecule has 2 aromatic carbocycles. The van der Waals surface area contributed by atoms with E-state index in [-0.39, 0.29) is 6.10 Å². The van der Waals surface area contributed by atoms with Gasteiger partial charge in [-0.05, 0) is 37.5 Å². The molecule has 1 fully saturated rings. The maximum Gasteiger partial charge on any atom is 0.150 e. The SMILES string of the molecule is COCCOC1CC(c2nc(-c3ccc4c(C)cc(-c5ccccc5)nc4c3)c3c(N)nccn23)C1. The molecule has 1 aliphatic carbocycles. The number of rotatable bonds is 7. The Morgan fingerprint density at radius 3 is 2.64 bits per heavy atom. The van der Waals surface area contributed by atoms with Crippen molar-refractivity contribution in [1.29, 1.82) is 0 Å². The van der Waals surface area contributed by atoms with Crippen molar-refractivity contribution in [3.8, 4) is 22.5 Å². The van der Waals surface area contributed by atoms with Crippen molar-refractivity contribution in [2.24, 2.45) is 0 Å². The van der Waals surface area contributed by atoms with Crippen LogP contribution in [-0.4, -0.2) is 45.8 Å². The highest BCUT2D eigenvalue weighted by atomic mass is 16.5. The number of nitrogens with two attached hydrogens (primary N) is 1. The molecule has 0 radical (unpaired) electrons. The average molecular weight is 480 g/mol. The Balaban J connectivity index is 1.40. The van der Waals surface area contributed by atoms with Crippen LogP contribution in [0.3, 0.4) is 0 Å². The minimum absolute atomic E-state index is 0.240. The molecule has 0 aliphatic heterocycles. The van der Waals surface area contributed by atoms with E-state index in [4.69, 9.17) is 25.2 Å². The van der Waals surface area contributed by atoms with Crippen molar-refractivity contribution in [1.82, 2.24) is 19.4 Å². The van der Waals surface area contributed by atoms with Crippen molar-refractivity contribution in [2.45, 2.75) is 31.8 Å². The molecular weight excluding hydrogens is 450 g/mol. The number of fused-ring (bicyclic) bond motifs is 2. The highest BCUT2D eigenvalue weighted by Gasteiger charge is 2.35. The predicted octanol–water partition coefficient (Wildman–Crippen LogP) is 5.41. The molecule has 7 heteroatoms. The van der Waals surface area contributed by atoms with Gasteiger partial charge in [-0.3, -0.25) is 4.40 Å². The number of hydrogen-bond donors (Lipinski definition) is 1. The average Bonchev–Trinajstić information content (AvgIpc) is 3.26. The maximum absolute atomic E-state index is 6.39. The first-order chi connectivity index (χ1) is 17.6. The highest BCUT2D eigenvalue weighted by Crippen LogP contribution is 2.41. The third kappa shape index (κ3) is 4.00. The van der Waals surface area contributed by atoms with Gasteiger partial charge >= 0.3 is 0 Å². The van der Waals surface area contributed by atoms with Gasteiger partial charge in [0.25, 0.3) is 0 Å². The Bertz CT molecular complexity index is 1540. The van der Waals surface area contributed by atoms with Gasteiger partial charge in [-0.1, -0.05) is 42.5 Å². The third-order valence-corrected chi connectivity index (χ3v) is 7.07. The second kappa shape index (κ2) is 9.33. The highest BCUT2D eigenvalue weighted by molar-refractivity contribution is 5.92. The van der Waals surface area contributed by atoms with Crippen molar-refractivity contribution in [3.05, 3.63) is 78.4 Å². The molecule has 3 aromatic heterocycles. The summed E-state index contributed by atoms with van der Waals surface area (Å²) < 4.78 is 13.1. The number of aryl methyl sites for hydroxylation is 1. The Labute approximate surface area is 209 Å². The molecule has 0 bridgehead atoms. The molecule has 0 spiro atoms. The summed E-state index contributed by atoms with van der Waals surface area (Å²) in [6.07, 6.45) is 5.80. The van der Waals surface area contributed by atoms with E-state index in [1.807, 2.05) is 24.4 Å². The first-order valence-electron chi connectivity index (χ1n) is 12.3. The number of anilines is 1. The lowest BCUT2D eigenvalue weighted by Crippen LogP contribution is -2.31.